The normalized spacial score (nSPS) is 14.5. The van der Waals surface area contributed by atoms with Crippen LogP contribution >= 0.6 is 11.3 Å². The van der Waals surface area contributed by atoms with Crippen molar-refractivity contribution < 1.29 is 9.72 Å². The number of piperidine rings is 1. The quantitative estimate of drug-likeness (QED) is 0.467. The summed E-state index contributed by atoms with van der Waals surface area (Å²) in [5.74, 6) is -0.150. The van der Waals surface area contributed by atoms with Crippen LogP contribution < -0.4 is 10.2 Å². The zero-order valence-electron chi connectivity index (χ0n) is 16.4. The Morgan fingerprint density at radius 2 is 1.83 bits per heavy atom. The van der Waals surface area contributed by atoms with Crippen LogP contribution in [-0.2, 0) is 11.2 Å². The zero-order valence-corrected chi connectivity index (χ0v) is 17.2. The van der Waals surface area contributed by atoms with E-state index in [1.165, 1.54) is 23.0 Å². The van der Waals surface area contributed by atoms with Crippen molar-refractivity contribution in [3.63, 3.8) is 0 Å². The van der Waals surface area contributed by atoms with Crippen LogP contribution in [-0.4, -0.2) is 28.9 Å². The van der Waals surface area contributed by atoms with Crippen LogP contribution in [0.5, 0.6) is 0 Å². The smallest absolute Gasteiger partial charge is 0.292 e. The van der Waals surface area contributed by atoms with Crippen molar-refractivity contribution in [2.24, 2.45) is 5.92 Å². The van der Waals surface area contributed by atoms with E-state index in [-0.39, 0.29) is 22.4 Å². The Morgan fingerprint density at radius 1 is 1.13 bits per heavy atom. The van der Waals surface area contributed by atoms with E-state index in [1.54, 1.807) is 18.2 Å². The molecule has 2 aromatic carbocycles. The van der Waals surface area contributed by atoms with Crippen LogP contribution in [0.3, 0.4) is 0 Å². The van der Waals surface area contributed by atoms with Crippen LogP contribution in [0.25, 0.3) is 0 Å². The molecule has 0 atom stereocenters. The average molecular weight is 423 g/mol. The first-order valence-corrected chi connectivity index (χ1v) is 10.7. The van der Waals surface area contributed by atoms with Gasteiger partial charge in [-0.2, -0.15) is 0 Å². The first kappa shape index (κ1) is 20.0. The fourth-order valence-corrected chi connectivity index (χ4v) is 4.57. The Labute approximate surface area is 178 Å². The van der Waals surface area contributed by atoms with Gasteiger partial charge in [-0.15, -0.1) is 11.3 Å². The Morgan fingerprint density at radius 3 is 2.57 bits per heavy atom. The second-order valence-electron chi connectivity index (χ2n) is 7.29. The second-order valence-corrected chi connectivity index (χ2v) is 8.41. The highest BCUT2D eigenvalue weighted by atomic mass is 32.1. The lowest BCUT2D eigenvalue weighted by molar-refractivity contribution is -0.384. The average Bonchev–Trinajstić information content (AvgIpc) is 3.21. The van der Waals surface area contributed by atoms with Crippen LogP contribution in [0.1, 0.15) is 23.3 Å². The number of rotatable bonds is 6. The molecule has 7 nitrogen and oxygen atoms in total. The third-order valence-corrected chi connectivity index (χ3v) is 6.20. The van der Waals surface area contributed by atoms with Gasteiger partial charge >= 0.3 is 0 Å². The van der Waals surface area contributed by atoms with Crippen LogP contribution in [0.2, 0.25) is 0 Å². The molecule has 0 radical (unpaired) electrons. The number of benzene rings is 2. The van der Waals surface area contributed by atoms with Crippen LogP contribution in [0.15, 0.2) is 60.8 Å². The number of thiazole rings is 1. The van der Waals surface area contributed by atoms with E-state index in [9.17, 15) is 14.9 Å². The molecule has 1 aromatic heterocycles. The minimum Gasteiger partial charge on any atom is -0.366 e. The molecule has 154 valence electrons. The predicted molar refractivity (Wildman–Crippen MR) is 118 cm³/mol. The summed E-state index contributed by atoms with van der Waals surface area (Å²) in [5, 5.41) is 14.8. The molecule has 8 heteroatoms. The van der Waals surface area contributed by atoms with E-state index < -0.39 is 0 Å². The minimum atomic E-state index is -0.358. The van der Waals surface area contributed by atoms with Gasteiger partial charge in [-0.3, -0.25) is 14.9 Å². The Bertz CT molecular complexity index is 1030. The van der Waals surface area contributed by atoms with Gasteiger partial charge in [0.05, 0.1) is 4.92 Å². The van der Waals surface area contributed by atoms with Crippen molar-refractivity contribution in [3.05, 3.63) is 81.3 Å². The highest BCUT2D eigenvalue weighted by molar-refractivity contribution is 7.15. The van der Waals surface area contributed by atoms with Crippen molar-refractivity contribution in [3.8, 4) is 0 Å². The number of nitro groups is 1. The molecule has 0 bridgehead atoms. The second kappa shape index (κ2) is 9.04. The highest BCUT2D eigenvalue weighted by Gasteiger charge is 2.28. The van der Waals surface area contributed by atoms with E-state index in [0.717, 1.165) is 11.3 Å². The van der Waals surface area contributed by atoms with Gasteiger partial charge < -0.3 is 10.2 Å². The fraction of sp³-hybridized carbons (Fsp3) is 0.273. The number of amides is 1. The molecule has 1 fully saturated rings. The number of hydrogen-bond acceptors (Lipinski definition) is 6. The third-order valence-electron chi connectivity index (χ3n) is 5.29. The fourth-order valence-electron chi connectivity index (χ4n) is 3.72. The van der Waals surface area contributed by atoms with Gasteiger partial charge in [0, 0.05) is 42.6 Å². The third kappa shape index (κ3) is 4.65. The summed E-state index contributed by atoms with van der Waals surface area (Å²) < 4.78 is 0. The van der Waals surface area contributed by atoms with Gasteiger partial charge in [0.2, 0.25) is 5.91 Å². The molecule has 30 heavy (non-hydrogen) atoms. The summed E-state index contributed by atoms with van der Waals surface area (Å²) in [7, 11) is 0. The maximum absolute atomic E-state index is 12.7. The number of carbonyl (C=O) groups is 1. The molecule has 0 saturated carbocycles. The monoisotopic (exact) mass is 422 g/mol. The van der Waals surface area contributed by atoms with Gasteiger partial charge in [-0.05, 0) is 24.5 Å². The summed E-state index contributed by atoms with van der Waals surface area (Å²) in [6.45, 7) is 1.22. The first-order valence-electron chi connectivity index (χ1n) is 9.88. The van der Waals surface area contributed by atoms with Crippen molar-refractivity contribution >= 4 is 33.8 Å². The number of nitro benzene ring substituents is 1. The largest absolute Gasteiger partial charge is 0.366 e. The lowest BCUT2D eigenvalue weighted by Crippen LogP contribution is -2.38. The maximum atomic E-state index is 12.7. The molecule has 0 spiro atoms. The molecule has 0 aliphatic carbocycles. The molecule has 1 saturated heterocycles. The number of hydrogen-bond donors (Lipinski definition) is 1. The molecule has 1 N–H and O–H groups in total. The number of nitrogens with one attached hydrogen (secondary N) is 1. The van der Waals surface area contributed by atoms with Crippen LogP contribution in [0.4, 0.5) is 16.5 Å². The maximum Gasteiger partial charge on any atom is 0.292 e. The number of carbonyl (C=O) groups excluding carboxylic acids is 1. The molecule has 1 aliphatic heterocycles. The molecular weight excluding hydrogens is 400 g/mol. The molecule has 1 amide bonds. The standard InChI is InChI=1S/C22H22N4O3S/c27-21(24-22-23-15-18(30-22)14-16-6-2-1-3-7-16)17-10-12-25(13-11-17)19-8-4-5-9-20(19)26(28)29/h1-9,15,17H,10-14H2,(H,23,24,27). The first-order chi connectivity index (χ1) is 14.6. The summed E-state index contributed by atoms with van der Waals surface area (Å²) >= 11 is 1.49. The van der Waals surface area contributed by atoms with Crippen molar-refractivity contribution in [2.45, 2.75) is 19.3 Å². The summed E-state index contributed by atoms with van der Waals surface area (Å²) in [5.41, 5.74) is 1.93. The SMILES string of the molecule is O=C(Nc1ncc(Cc2ccccc2)s1)C1CCN(c2ccccc2[N+](=O)[O-])CC1. The number of anilines is 2. The van der Waals surface area contributed by atoms with Crippen molar-refractivity contribution in [1.82, 2.24) is 4.98 Å². The summed E-state index contributed by atoms with van der Waals surface area (Å²) in [6.07, 6.45) is 3.91. The van der Waals surface area contributed by atoms with Crippen molar-refractivity contribution in [1.29, 1.82) is 0 Å². The predicted octanol–water partition coefficient (Wildman–Crippen LogP) is 4.50. The van der Waals surface area contributed by atoms with Gasteiger partial charge in [-0.1, -0.05) is 42.5 Å². The zero-order chi connectivity index (χ0) is 20.9. The lowest BCUT2D eigenvalue weighted by Gasteiger charge is -2.32. The molecule has 4 rings (SSSR count). The number of nitrogens with zero attached hydrogens (tertiary/aromatic N) is 3. The molecule has 1 aliphatic rings. The van der Waals surface area contributed by atoms with Gasteiger partial charge in [-0.25, -0.2) is 4.98 Å². The molecular formula is C22H22N4O3S. The lowest BCUT2D eigenvalue weighted by atomic mass is 9.95. The highest BCUT2D eigenvalue weighted by Crippen LogP contribution is 2.31. The van der Waals surface area contributed by atoms with Crippen LogP contribution in [0, 0.1) is 16.0 Å². The van der Waals surface area contributed by atoms with E-state index >= 15 is 0 Å². The molecule has 3 aromatic rings. The van der Waals surface area contributed by atoms with Gasteiger partial charge in [0.15, 0.2) is 5.13 Å². The number of aromatic nitrogens is 1. The minimum absolute atomic E-state index is 0.0298. The van der Waals surface area contributed by atoms with Gasteiger partial charge in [0.25, 0.3) is 5.69 Å². The topological polar surface area (TPSA) is 88.4 Å². The van der Waals surface area contributed by atoms with Crippen molar-refractivity contribution in [2.75, 3.05) is 23.3 Å². The number of para-hydroxylation sites is 2. The Hall–Kier alpha value is -3.26. The van der Waals surface area contributed by atoms with Gasteiger partial charge in [0.1, 0.15) is 5.69 Å². The Balaban J connectivity index is 1.33. The van der Waals surface area contributed by atoms with E-state index in [2.05, 4.69) is 22.4 Å². The summed E-state index contributed by atoms with van der Waals surface area (Å²) in [6, 6.07) is 16.9. The Kier molecular flexibility index (Phi) is 6.04. The van der Waals surface area contributed by atoms with E-state index in [4.69, 9.17) is 0 Å². The van der Waals surface area contributed by atoms with E-state index in [1.807, 2.05) is 29.3 Å². The summed E-state index contributed by atoms with van der Waals surface area (Å²) in [4.78, 5) is 31.0. The van der Waals surface area contributed by atoms with E-state index in [0.29, 0.717) is 36.8 Å². The molecule has 2 heterocycles. The molecule has 0 unspecified atom stereocenters.